The molecule has 2 atom stereocenters. The second kappa shape index (κ2) is 5.68. The van der Waals surface area contributed by atoms with Crippen LogP contribution in [-0.4, -0.2) is 14.5 Å². The van der Waals surface area contributed by atoms with Gasteiger partial charge in [0.2, 0.25) is 0 Å². The van der Waals surface area contributed by atoms with Gasteiger partial charge in [0.15, 0.2) is 10.4 Å². The van der Waals surface area contributed by atoms with E-state index >= 15 is 0 Å². The Morgan fingerprint density at radius 2 is 2.30 bits per heavy atom. The molecule has 2 aromatic rings. The van der Waals surface area contributed by atoms with Crippen LogP contribution in [0.3, 0.4) is 0 Å². The Kier molecular flexibility index (Phi) is 3.92. The zero-order valence-electron chi connectivity index (χ0n) is 12.4. The molecule has 0 bridgehead atoms. The molecule has 0 aromatic carbocycles. The van der Waals surface area contributed by atoms with Crippen molar-refractivity contribution in [2.75, 3.05) is 0 Å². The molecule has 20 heavy (non-hydrogen) atoms. The van der Waals surface area contributed by atoms with Crippen LogP contribution in [0.15, 0.2) is 12.3 Å². The first-order chi connectivity index (χ1) is 9.63. The Morgan fingerprint density at radius 3 is 3.10 bits per heavy atom. The molecule has 0 amide bonds. The molecule has 1 N–H and O–H groups in total. The Balaban J connectivity index is 1.77. The Morgan fingerprint density at radius 1 is 1.45 bits per heavy atom. The van der Waals surface area contributed by atoms with Gasteiger partial charge in [-0.1, -0.05) is 26.2 Å². The minimum absolute atomic E-state index is 0.807. The smallest absolute Gasteiger partial charge is 0.179 e. The maximum atomic E-state index is 5.45. The highest BCUT2D eigenvalue weighted by atomic mass is 32.1. The summed E-state index contributed by atoms with van der Waals surface area (Å²) in [6, 6.07) is 2.12. The third kappa shape index (κ3) is 2.80. The maximum absolute atomic E-state index is 5.45. The van der Waals surface area contributed by atoms with Crippen molar-refractivity contribution >= 4 is 23.4 Å². The van der Waals surface area contributed by atoms with E-state index in [9.17, 15) is 0 Å². The van der Waals surface area contributed by atoms with Gasteiger partial charge >= 0.3 is 0 Å². The maximum Gasteiger partial charge on any atom is 0.179 e. The first-order valence-electron chi connectivity index (χ1n) is 7.68. The fourth-order valence-electron chi connectivity index (χ4n) is 3.49. The number of imidazole rings is 1. The summed E-state index contributed by atoms with van der Waals surface area (Å²) in [5, 5.41) is 0. The van der Waals surface area contributed by atoms with Crippen LogP contribution in [-0.2, 0) is 6.54 Å². The molecule has 1 aliphatic carbocycles. The molecule has 1 fully saturated rings. The molecule has 4 heteroatoms. The van der Waals surface area contributed by atoms with E-state index in [0.717, 1.165) is 34.3 Å². The summed E-state index contributed by atoms with van der Waals surface area (Å²) in [5.74, 6) is 1.75. The monoisotopic (exact) mass is 289 g/mol. The van der Waals surface area contributed by atoms with Crippen molar-refractivity contribution in [2.45, 2.75) is 52.5 Å². The lowest BCUT2D eigenvalue weighted by molar-refractivity contribution is 0.261. The fraction of sp³-hybridized carbons (Fsp3) is 0.625. The summed E-state index contributed by atoms with van der Waals surface area (Å²) in [5.41, 5.74) is 3.23. The average molecular weight is 289 g/mol. The van der Waals surface area contributed by atoms with Crippen molar-refractivity contribution in [2.24, 2.45) is 11.8 Å². The number of nitrogens with one attached hydrogen (secondary N) is 1. The number of aromatic nitrogens is 3. The van der Waals surface area contributed by atoms with E-state index in [1.165, 1.54) is 37.7 Å². The number of aromatic amines is 1. The predicted molar refractivity (Wildman–Crippen MR) is 85.4 cm³/mol. The molecule has 3 rings (SSSR count). The second-order valence-electron chi connectivity index (χ2n) is 6.39. The van der Waals surface area contributed by atoms with Crippen LogP contribution in [0.5, 0.6) is 0 Å². The standard InChI is InChI=1S/C16H23N3S/c1-11-4-3-5-13(8-11)6-7-19-15-14(18-16(19)20)9-12(2)10-17-15/h9-11,13H,3-8H2,1-2H3,(H,18,20). The second-order valence-corrected chi connectivity index (χ2v) is 6.78. The number of H-pyrrole nitrogens is 1. The van der Waals surface area contributed by atoms with Crippen molar-refractivity contribution in [1.82, 2.24) is 14.5 Å². The van der Waals surface area contributed by atoms with Gasteiger partial charge in [0.05, 0.1) is 5.52 Å². The van der Waals surface area contributed by atoms with Gasteiger partial charge in [-0.15, -0.1) is 0 Å². The van der Waals surface area contributed by atoms with Gasteiger partial charge in [-0.2, -0.15) is 0 Å². The molecular weight excluding hydrogens is 266 g/mol. The third-order valence-corrected chi connectivity index (χ3v) is 4.87. The Labute approximate surface area is 125 Å². The van der Waals surface area contributed by atoms with Gasteiger partial charge in [-0.25, -0.2) is 4.98 Å². The van der Waals surface area contributed by atoms with Gasteiger partial charge in [0.25, 0.3) is 0 Å². The van der Waals surface area contributed by atoms with E-state index in [2.05, 4.69) is 34.4 Å². The van der Waals surface area contributed by atoms with Crippen molar-refractivity contribution < 1.29 is 0 Å². The molecule has 1 aliphatic rings. The van der Waals surface area contributed by atoms with Crippen LogP contribution in [0.1, 0.15) is 44.6 Å². The molecule has 0 saturated heterocycles. The van der Waals surface area contributed by atoms with Crippen LogP contribution < -0.4 is 0 Å². The topological polar surface area (TPSA) is 33.6 Å². The quantitative estimate of drug-likeness (QED) is 0.837. The minimum atomic E-state index is 0.807. The van der Waals surface area contributed by atoms with Gasteiger partial charge < -0.3 is 9.55 Å². The Hall–Kier alpha value is -1.16. The Bertz CT molecular complexity index is 655. The SMILES string of the molecule is Cc1cnc2c(c1)[nH]c(=S)n2CCC1CCCC(C)C1. The number of fused-ring (bicyclic) bond motifs is 1. The molecule has 3 nitrogen and oxygen atoms in total. The molecule has 1 saturated carbocycles. The van der Waals surface area contributed by atoms with Gasteiger partial charge in [-0.05, 0) is 55.4 Å². The van der Waals surface area contributed by atoms with Crippen LogP contribution in [0.25, 0.3) is 11.2 Å². The largest absolute Gasteiger partial charge is 0.329 e. The van der Waals surface area contributed by atoms with Crippen molar-refractivity contribution in [3.05, 3.63) is 22.6 Å². The van der Waals surface area contributed by atoms with Gasteiger partial charge in [-0.3, -0.25) is 0 Å². The molecule has 0 aliphatic heterocycles. The average Bonchev–Trinajstić information content (AvgIpc) is 2.71. The summed E-state index contributed by atoms with van der Waals surface area (Å²) in [7, 11) is 0. The molecule has 108 valence electrons. The zero-order chi connectivity index (χ0) is 14.1. The number of nitrogens with zero attached hydrogens (tertiary/aromatic N) is 2. The number of pyridine rings is 1. The van der Waals surface area contributed by atoms with E-state index < -0.39 is 0 Å². The van der Waals surface area contributed by atoms with Gasteiger partial charge in [0, 0.05) is 12.7 Å². The first kappa shape index (κ1) is 13.8. The van der Waals surface area contributed by atoms with Crippen LogP contribution in [0.2, 0.25) is 0 Å². The third-order valence-electron chi connectivity index (χ3n) is 4.55. The van der Waals surface area contributed by atoms with E-state index in [4.69, 9.17) is 12.2 Å². The summed E-state index contributed by atoms with van der Waals surface area (Å²) in [4.78, 5) is 7.82. The number of hydrogen-bond acceptors (Lipinski definition) is 2. The molecule has 2 heterocycles. The molecule has 0 spiro atoms. The number of aryl methyl sites for hydroxylation is 2. The highest BCUT2D eigenvalue weighted by molar-refractivity contribution is 7.71. The summed E-state index contributed by atoms with van der Waals surface area (Å²) in [6.07, 6.45) is 8.70. The van der Waals surface area contributed by atoms with E-state index in [0.29, 0.717) is 0 Å². The highest BCUT2D eigenvalue weighted by Gasteiger charge is 2.19. The lowest BCUT2D eigenvalue weighted by Crippen LogP contribution is -2.15. The van der Waals surface area contributed by atoms with Crippen molar-refractivity contribution in [3.8, 4) is 0 Å². The molecule has 0 radical (unpaired) electrons. The van der Waals surface area contributed by atoms with E-state index in [1.54, 1.807) is 0 Å². The fourth-order valence-corrected chi connectivity index (χ4v) is 3.78. The van der Waals surface area contributed by atoms with Crippen molar-refractivity contribution in [1.29, 1.82) is 0 Å². The molecule has 2 unspecified atom stereocenters. The summed E-state index contributed by atoms with van der Waals surface area (Å²) < 4.78 is 2.98. The van der Waals surface area contributed by atoms with Gasteiger partial charge in [0.1, 0.15) is 0 Å². The summed E-state index contributed by atoms with van der Waals surface area (Å²) >= 11 is 5.45. The lowest BCUT2D eigenvalue weighted by atomic mass is 9.81. The highest BCUT2D eigenvalue weighted by Crippen LogP contribution is 2.31. The summed E-state index contributed by atoms with van der Waals surface area (Å²) in [6.45, 7) is 5.43. The van der Waals surface area contributed by atoms with E-state index in [1.807, 2.05) is 6.20 Å². The minimum Gasteiger partial charge on any atom is -0.329 e. The van der Waals surface area contributed by atoms with Crippen LogP contribution in [0, 0.1) is 23.5 Å². The normalized spacial score (nSPS) is 23.3. The first-order valence-corrected chi connectivity index (χ1v) is 8.09. The van der Waals surface area contributed by atoms with Crippen molar-refractivity contribution in [3.63, 3.8) is 0 Å². The molecule has 2 aromatic heterocycles. The zero-order valence-corrected chi connectivity index (χ0v) is 13.2. The molecular formula is C16H23N3S. The van der Waals surface area contributed by atoms with E-state index in [-0.39, 0.29) is 0 Å². The number of hydrogen-bond donors (Lipinski definition) is 1. The van der Waals surface area contributed by atoms with Crippen LogP contribution in [0.4, 0.5) is 0 Å². The lowest BCUT2D eigenvalue weighted by Gasteiger charge is -2.26. The number of rotatable bonds is 3. The predicted octanol–water partition coefficient (Wildman–Crippen LogP) is 4.62. The van der Waals surface area contributed by atoms with Crippen LogP contribution >= 0.6 is 12.2 Å².